The monoisotopic (exact) mass is 1230 g/mol. The lowest BCUT2D eigenvalue weighted by Crippen LogP contribution is -2.70. The Hall–Kier alpha value is -2.16. The first-order chi connectivity index (χ1) is 41.0. The van der Waals surface area contributed by atoms with Crippen LogP contribution in [0, 0.1) is 0 Å². The van der Waals surface area contributed by atoms with Crippen LogP contribution in [0.3, 0.4) is 0 Å². The molecule has 85 heavy (non-hydrogen) atoms. The van der Waals surface area contributed by atoms with Gasteiger partial charge in [0.25, 0.3) is 0 Å². The number of hydrogen-bond donors (Lipinski definition) is 15. The number of amides is 2. The van der Waals surface area contributed by atoms with E-state index in [9.17, 15) is 76.0 Å². The highest BCUT2D eigenvalue weighted by Gasteiger charge is 2.56. The summed E-state index contributed by atoms with van der Waals surface area (Å²) in [5.41, 5.74) is 0. The van der Waals surface area contributed by atoms with Crippen LogP contribution in [0.4, 0.5) is 0 Å². The zero-order valence-corrected chi connectivity index (χ0v) is 50.7. The zero-order chi connectivity index (χ0) is 62.3. The minimum Gasteiger partial charge on any atom is -0.394 e. The van der Waals surface area contributed by atoms with E-state index in [0.717, 1.165) is 51.9 Å². The normalized spacial score (nSPS) is 34.4. The predicted octanol–water partition coefficient (Wildman–Crippen LogP) is 1.00. The summed E-state index contributed by atoms with van der Waals surface area (Å²) in [4.78, 5) is 25.9. The van der Waals surface area contributed by atoms with E-state index in [1.165, 1.54) is 103 Å². The minimum absolute atomic E-state index is 0.217. The van der Waals surface area contributed by atoms with Gasteiger partial charge in [-0.3, -0.25) is 9.59 Å². The van der Waals surface area contributed by atoms with Gasteiger partial charge in [-0.15, -0.1) is 0 Å². The summed E-state index contributed by atoms with van der Waals surface area (Å²) in [5, 5.41) is 146. The molecule has 25 nitrogen and oxygen atoms in total. The molecule has 4 saturated heterocycles. The molecule has 0 bridgehead atoms. The molecule has 25 heteroatoms. The third-order valence-corrected chi connectivity index (χ3v) is 16.6. The van der Waals surface area contributed by atoms with Crippen molar-refractivity contribution in [2.24, 2.45) is 0 Å². The number of nitrogens with one attached hydrogen (secondary N) is 2. The van der Waals surface area contributed by atoms with Crippen molar-refractivity contribution in [3.05, 3.63) is 12.2 Å². The molecule has 4 fully saturated rings. The fraction of sp³-hybridized carbons (Fsp3) is 0.933. The highest BCUT2D eigenvalue weighted by atomic mass is 16.8. The molecule has 1 unspecified atom stereocenters. The molecule has 15 N–H and O–H groups in total. The van der Waals surface area contributed by atoms with Crippen LogP contribution in [-0.4, -0.2) is 246 Å². The molecule has 0 spiro atoms. The van der Waals surface area contributed by atoms with E-state index in [0.29, 0.717) is 12.8 Å². The summed E-state index contributed by atoms with van der Waals surface area (Å²) >= 11 is 0. The first-order valence-corrected chi connectivity index (χ1v) is 31.9. The number of carbonyl (C=O) groups excluding carboxylic acids is 2. The van der Waals surface area contributed by atoms with Crippen LogP contribution in [0.15, 0.2) is 12.2 Å². The molecule has 0 saturated carbocycles. The lowest BCUT2D eigenvalue weighted by atomic mass is 9.94. The predicted molar refractivity (Wildman–Crippen MR) is 308 cm³/mol. The van der Waals surface area contributed by atoms with Crippen molar-refractivity contribution in [1.29, 1.82) is 0 Å². The maximum atomic E-state index is 13.4. The van der Waals surface area contributed by atoms with Crippen LogP contribution in [0.5, 0.6) is 0 Å². The number of aliphatic hydroxyl groups excluding tert-OH is 13. The average molecular weight is 1230 g/mol. The second-order valence-corrected chi connectivity index (χ2v) is 23.6. The summed E-state index contributed by atoms with van der Waals surface area (Å²) in [7, 11) is 0. The largest absolute Gasteiger partial charge is 0.394 e. The van der Waals surface area contributed by atoms with Gasteiger partial charge >= 0.3 is 0 Å². The van der Waals surface area contributed by atoms with Gasteiger partial charge in [0.1, 0.15) is 97.6 Å². The average Bonchev–Trinajstić information content (AvgIpc) is 2.09. The molecule has 22 atom stereocenters. The van der Waals surface area contributed by atoms with Crippen LogP contribution < -0.4 is 10.6 Å². The first kappa shape index (κ1) is 75.3. The summed E-state index contributed by atoms with van der Waals surface area (Å²) in [6.07, 6.45) is -2.71. The molecule has 0 radical (unpaired) electrons. The molecule has 4 heterocycles. The Morgan fingerprint density at radius 2 is 0.847 bits per heavy atom. The van der Waals surface area contributed by atoms with Crippen molar-refractivity contribution < 1.29 is 114 Å². The summed E-state index contributed by atoms with van der Waals surface area (Å²) in [6.45, 7) is 1.58. The lowest BCUT2D eigenvalue weighted by Gasteiger charge is -2.50. The maximum absolute atomic E-state index is 13.4. The van der Waals surface area contributed by atoms with E-state index in [4.69, 9.17) is 37.9 Å². The third kappa shape index (κ3) is 24.9. The highest BCUT2D eigenvalue weighted by molar-refractivity contribution is 5.76. The quantitative estimate of drug-likeness (QED) is 0.0299. The Balaban J connectivity index is 1.37. The topological polar surface area (TPSA) is 395 Å². The van der Waals surface area contributed by atoms with Gasteiger partial charge in [-0.05, 0) is 19.3 Å². The zero-order valence-electron chi connectivity index (χ0n) is 50.7. The summed E-state index contributed by atoms with van der Waals surface area (Å²) in [6, 6.07) is -2.62. The smallest absolute Gasteiger partial charge is 0.220 e. The minimum atomic E-state index is -2.10. The third-order valence-electron chi connectivity index (χ3n) is 16.6. The second-order valence-electron chi connectivity index (χ2n) is 23.6. The standard InChI is InChI=1S/C60H110N2O23/c1-4-6-8-10-12-14-16-18-20-22-24-26-28-30-39(68)38(62-44(69)31-29-27-25-23-21-19-17-15-13-11-9-7-5-2)36-78-58-52(76)49(73)55(42(34-65)81-58)84-60-53(77)50(74)54(43(35-66)82-60)83-57-45(61-37(3)67)56(47(71)41(33-64)79-57)85-59-51(75)48(72)46(70)40(32-63)80-59/h28,30,38-43,45-60,63-66,68,70-77H,4-27,29,31-36H2,1-3H3,(H,61,67)(H,62,69)/b30-28+/t38-,39+,40+,41+,42+,43+,45+,46-,47-,48-,49+,50+,51+,52?,53+,54-,55+,56+,57-,58+,59-,60-/m0/s1. The van der Waals surface area contributed by atoms with Gasteiger partial charge in [-0.1, -0.05) is 167 Å². The Bertz CT molecular complexity index is 1790. The van der Waals surface area contributed by atoms with Crippen molar-refractivity contribution in [3.63, 3.8) is 0 Å². The van der Waals surface area contributed by atoms with Gasteiger partial charge in [0.15, 0.2) is 25.2 Å². The molecule has 498 valence electrons. The molecule has 4 aliphatic rings. The van der Waals surface area contributed by atoms with Crippen LogP contribution in [-0.2, 0) is 47.5 Å². The molecule has 0 aromatic carbocycles. The maximum Gasteiger partial charge on any atom is 0.220 e. The van der Waals surface area contributed by atoms with Gasteiger partial charge in [-0.25, -0.2) is 0 Å². The van der Waals surface area contributed by atoms with E-state index < -0.39 is 174 Å². The van der Waals surface area contributed by atoms with Crippen molar-refractivity contribution in [3.8, 4) is 0 Å². The number of ether oxygens (including phenoxy) is 8. The molecule has 0 aliphatic carbocycles. The van der Waals surface area contributed by atoms with Crippen molar-refractivity contribution in [2.75, 3.05) is 33.0 Å². The number of rotatable bonds is 43. The van der Waals surface area contributed by atoms with Crippen LogP contribution in [0.2, 0.25) is 0 Å². The summed E-state index contributed by atoms with van der Waals surface area (Å²) < 4.78 is 46.7. The van der Waals surface area contributed by atoms with E-state index in [-0.39, 0.29) is 12.3 Å². The first-order valence-electron chi connectivity index (χ1n) is 31.9. The Kier molecular flexibility index (Phi) is 37.2. The summed E-state index contributed by atoms with van der Waals surface area (Å²) in [5.74, 6) is -1.06. The molecule has 2 amide bonds. The van der Waals surface area contributed by atoms with Gasteiger partial charge in [0.2, 0.25) is 11.8 Å². The van der Waals surface area contributed by atoms with E-state index >= 15 is 0 Å². The number of allylic oxidation sites excluding steroid dienone is 1. The number of carbonyl (C=O) groups is 2. The molecule has 4 rings (SSSR count). The molecule has 0 aromatic heterocycles. The Morgan fingerprint density at radius 3 is 1.33 bits per heavy atom. The van der Waals surface area contributed by atoms with E-state index in [1.807, 2.05) is 6.08 Å². The van der Waals surface area contributed by atoms with Gasteiger partial charge in [0, 0.05) is 13.3 Å². The highest BCUT2D eigenvalue weighted by Crippen LogP contribution is 2.35. The number of aliphatic hydroxyl groups is 13. The number of unbranched alkanes of at least 4 members (excludes halogenated alkanes) is 23. The van der Waals surface area contributed by atoms with Crippen LogP contribution in [0.1, 0.15) is 188 Å². The van der Waals surface area contributed by atoms with Crippen LogP contribution in [0.25, 0.3) is 0 Å². The molecular formula is C60H110N2O23. The van der Waals surface area contributed by atoms with Crippen molar-refractivity contribution in [1.82, 2.24) is 10.6 Å². The molecule has 4 aliphatic heterocycles. The van der Waals surface area contributed by atoms with Crippen molar-refractivity contribution in [2.45, 2.75) is 323 Å². The van der Waals surface area contributed by atoms with Gasteiger partial charge in [0.05, 0.1) is 45.2 Å². The van der Waals surface area contributed by atoms with E-state index in [1.54, 1.807) is 6.08 Å². The van der Waals surface area contributed by atoms with Gasteiger partial charge in [-0.2, -0.15) is 0 Å². The lowest BCUT2D eigenvalue weighted by molar-refractivity contribution is -0.380. The molecule has 0 aromatic rings. The fourth-order valence-corrected chi connectivity index (χ4v) is 11.4. The molecular weight excluding hydrogens is 1120 g/mol. The van der Waals surface area contributed by atoms with Gasteiger partial charge < -0.3 is 115 Å². The Morgan fingerprint density at radius 1 is 0.459 bits per heavy atom. The Labute approximate surface area is 502 Å². The second kappa shape index (κ2) is 42.0. The van der Waals surface area contributed by atoms with Crippen molar-refractivity contribution >= 4 is 11.8 Å². The fourth-order valence-electron chi connectivity index (χ4n) is 11.4. The van der Waals surface area contributed by atoms with Crippen LogP contribution >= 0.6 is 0 Å². The number of hydrogen-bond acceptors (Lipinski definition) is 23. The van der Waals surface area contributed by atoms with E-state index in [2.05, 4.69) is 24.5 Å². The SMILES string of the molecule is CCCCCCCCCCCCC/C=C/[C@@H](O)[C@H](CO[C@@H]1O[C@H](CO)[C@@H](O[C@@H]2O[C@H](CO)[C@H](O[C@@H]3O[C@H](CO)[C@H](O)[C@H](O[C@@H]4O[C@H](CO)[C@H](O)[C@H](O)[C@H]4O)[C@H]3NC(C)=O)[C@H](O)[C@H]2O)[C@H](O)C1O)NC(=O)CCCCCCCCCCCCCCC.